The summed E-state index contributed by atoms with van der Waals surface area (Å²) in [6.07, 6.45) is 6.10. The minimum atomic E-state index is 0.0399. The summed E-state index contributed by atoms with van der Waals surface area (Å²) in [5.74, 6) is 1.01. The molecule has 1 aliphatic heterocycles. The van der Waals surface area contributed by atoms with E-state index in [0.29, 0.717) is 6.04 Å². The molecule has 0 amide bonds. The molecule has 2 atom stereocenters. The van der Waals surface area contributed by atoms with Crippen LogP contribution in [0.5, 0.6) is 0 Å². The van der Waals surface area contributed by atoms with E-state index in [1.165, 1.54) is 15.0 Å². The first kappa shape index (κ1) is 14.9. The third-order valence-corrected chi connectivity index (χ3v) is 5.57. The molecule has 5 heteroatoms. The van der Waals surface area contributed by atoms with Crippen LogP contribution in [0, 0.1) is 0 Å². The number of aromatic nitrogens is 2. The van der Waals surface area contributed by atoms with Crippen molar-refractivity contribution in [3.8, 4) is 0 Å². The number of aryl methyl sites for hydroxylation is 1. The van der Waals surface area contributed by atoms with Crippen LogP contribution < -0.4 is 5.32 Å². The molecule has 0 bridgehead atoms. The molecule has 0 unspecified atom stereocenters. The molecule has 1 aromatic carbocycles. The highest BCUT2D eigenvalue weighted by Gasteiger charge is 2.29. The smallest absolute Gasteiger partial charge is 0.139 e. The lowest BCUT2D eigenvalue weighted by Gasteiger charge is -2.32. The van der Waals surface area contributed by atoms with Crippen molar-refractivity contribution >= 4 is 21.4 Å². The van der Waals surface area contributed by atoms with Crippen LogP contribution >= 0.6 is 11.3 Å². The van der Waals surface area contributed by atoms with Crippen molar-refractivity contribution in [1.29, 1.82) is 0 Å². The zero-order chi connectivity index (χ0) is 15.6. The summed E-state index contributed by atoms with van der Waals surface area (Å²) >= 11 is 1.86. The predicted octanol–water partition coefficient (Wildman–Crippen LogP) is 3.64. The first-order valence-electron chi connectivity index (χ1n) is 8.11. The highest BCUT2D eigenvalue weighted by atomic mass is 32.1. The van der Waals surface area contributed by atoms with E-state index in [1.807, 2.05) is 30.8 Å². The molecule has 2 aromatic heterocycles. The maximum Gasteiger partial charge on any atom is 0.139 e. The molecule has 120 valence electrons. The Morgan fingerprint density at radius 3 is 3.13 bits per heavy atom. The summed E-state index contributed by atoms with van der Waals surface area (Å²) in [7, 11) is 2.03. The fraction of sp³-hybridized carbons (Fsp3) is 0.389. The summed E-state index contributed by atoms with van der Waals surface area (Å²) in [5, 5.41) is 5.03. The lowest BCUT2D eigenvalue weighted by atomic mass is 10.0. The van der Waals surface area contributed by atoms with Crippen LogP contribution in [0.2, 0.25) is 0 Å². The molecule has 1 saturated heterocycles. The van der Waals surface area contributed by atoms with Crippen LogP contribution in [0.1, 0.15) is 29.6 Å². The van der Waals surface area contributed by atoms with Crippen LogP contribution in [0.15, 0.2) is 42.7 Å². The third kappa shape index (κ3) is 3.04. The van der Waals surface area contributed by atoms with Gasteiger partial charge in [0, 0.05) is 48.2 Å². The van der Waals surface area contributed by atoms with Crippen LogP contribution in [-0.4, -0.2) is 22.2 Å². The summed E-state index contributed by atoms with van der Waals surface area (Å²) in [5.41, 5.74) is 0. The summed E-state index contributed by atoms with van der Waals surface area (Å²) in [6.45, 7) is 1.70. The van der Waals surface area contributed by atoms with E-state index < -0.39 is 0 Å². The van der Waals surface area contributed by atoms with E-state index in [9.17, 15) is 0 Å². The summed E-state index contributed by atoms with van der Waals surface area (Å²) in [6, 6.07) is 11.2. The fourth-order valence-electron chi connectivity index (χ4n) is 3.25. The molecule has 3 aromatic rings. The number of benzene rings is 1. The van der Waals surface area contributed by atoms with Gasteiger partial charge in [-0.05, 0) is 30.4 Å². The molecule has 1 fully saturated rings. The Morgan fingerprint density at radius 1 is 1.39 bits per heavy atom. The SMILES string of the molecule is Cn1ccnc1[C@H]1OCCC[C@@H]1NCc1cc2ccccc2s1. The van der Waals surface area contributed by atoms with Gasteiger partial charge in [0.25, 0.3) is 0 Å². The number of hydrogen-bond donors (Lipinski definition) is 1. The number of ether oxygens (including phenoxy) is 1. The molecular formula is C18H21N3OS. The molecule has 4 nitrogen and oxygen atoms in total. The average molecular weight is 327 g/mol. The first-order valence-corrected chi connectivity index (χ1v) is 8.92. The van der Waals surface area contributed by atoms with E-state index in [1.54, 1.807) is 0 Å². The van der Waals surface area contributed by atoms with Crippen molar-refractivity contribution in [2.75, 3.05) is 6.61 Å². The van der Waals surface area contributed by atoms with Gasteiger partial charge in [-0.15, -0.1) is 11.3 Å². The number of thiophene rings is 1. The highest BCUT2D eigenvalue weighted by molar-refractivity contribution is 7.19. The molecule has 0 saturated carbocycles. The van der Waals surface area contributed by atoms with Gasteiger partial charge in [-0.2, -0.15) is 0 Å². The average Bonchev–Trinajstić information content (AvgIpc) is 3.18. The molecule has 1 aliphatic rings. The second-order valence-corrected chi connectivity index (χ2v) is 7.24. The van der Waals surface area contributed by atoms with Gasteiger partial charge >= 0.3 is 0 Å². The molecule has 3 heterocycles. The van der Waals surface area contributed by atoms with E-state index in [0.717, 1.165) is 31.8 Å². The van der Waals surface area contributed by atoms with Gasteiger partial charge in [0.2, 0.25) is 0 Å². The zero-order valence-corrected chi connectivity index (χ0v) is 14.1. The lowest BCUT2D eigenvalue weighted by molar-refractivity contribution is -0.0177. The number of nitrogens with zero attached hydrogens (tertiary/aromatic N) is 2. The molecule has 23 heavy (non-hydrogen) atoms. The van der Waals surface area contributed by atoms with Crippen molar-refractivity contribution in [2.24, 2.45) is 7.05 Å². The number of imidazole rings is 1. The Balaban J connectivity index is 1.49. The van der Waals surface area contributed by atoms with Crippen LogP contribution in [0.3, 0.4) is 0 Å². The zero-order valence-electron chi connectivity index (χ0n) is 13.2. The van der Waals surface area contributed by atoms with Gasteiger partial charge in [-0.3, -0.25) is 0 Å². The van der Waals surface area contributed by atoms with Gasteiger partial charge in [0.15, 0.2) is 0 Å². The van der Waals surface area contributed by atoms with Gasteiger partial charge in [0.1, 0.15) is 11.9 Å². The number of rotatable bonds is 4. The molecule has 0 aliphatic carbocycles. The number of fused-ring (bicyclic) bond motifs is 1. The van der Waals surface area contributed by atoms with E-state index >= 15 is 0 Å². The predicted molar refractivity (Wildman–Crippen MR) is 93.6 cm³/mol. The van der Waals surface area contributed by atoms with Crippen molar-refractivity contribution in [2.45, 2.75) is 31.5 Å². The summed E-state index contributed by atoms with van der Waals surface area (Å²) < 4.78 is 9.43. The maximum atomic E-state index is 6.02. The molecular weight excluding hydrogens is 306 g/mol. The number of nitrogens with one attached hydrogen (secondary N) is 1. The Hall–Kier alpha value is -1.69. The second kappa shape index (κ2) is 6.43. The van der Waals surface area contributed by atoms with Gasteiger partial charge < -0.3 is 14.6 Å². The standard InChI is InChI=1S/C18H21N3OS/c1-21-9-8-19-18(21)17-15(6-4-10-22-17)20-12-14-11-13-5-2-3-7-16(13)23-14/h2-3,5,7-9,11,15,17,20H,4,6,10,12H2,1H3/t15-,17-/m0/s1. The minimum Gasteiger partial charge on any atom is -0.369 e. The Kier molecular flexibility index (Phi) is 4.16. The van der Waals surface area contributed by atoms with Gasteiger partial charge in [-0.25, -0.2) is 4.98 Å². The Bertz CT molecular complexity index is 761. The highest BCUT2D eigenvalue weighted by Crippen LogP contribution is 2.29. The minimum absolute atomic E-state index is 0.0399. The normalized spacial score (nSPS) is 21.8. The van der Waals surface area contributed by atoms with Gasteiger partial charge in [0.05, 0.1) is 0 Å². The second-order valence-electron chi connectivity index (χ2n) is 6.07. The molecule has 4 rings (SSSR count). The van der Waals surface area contributed by atoms with E-state index in [-0.39, 0.29) is 6.10 Å². The quantitative estimate of drug-likeness (QED) is 0.795. The van der Waals surface area contributed by atoms with Crippen molar-refractivity contribution in [3.63, 3.8) is 0 Å². The Labute approximate surface area is 140 Å². The monoisotopic (exact) mass is 327 g/mol. The van der Waals surface area contributed by atoms with Gasteiger partial charge in [-0.1, -0.05) is 18.2 Å². The topological polar surface area (TPSA) is 39.1 Å². The van der Waals surface area contributed by atoms with E-state index in [2.05, 4.69) is 45.2 Å². The lowest BCUT2D eigenvalue weighted by Crippen LogP contribution is -2.40. The van der Waals surface area contributed by atoms with Crippen LogP contribution in [0.4, 0.5) is 0 Å². The first-order chi connectivity index (χ1) is 11.3. The molecule has 0 spiro atoms. The molecule has 1 N–H and O–H groups in total. The third-order valence-electron chi connectivity index (χ3n) is 4.45. The van der Waals surface area contributed by atoms with Crippen LogP contribution in [0.25, 0.3) is 10.1 Å². The largest absolute Gasteiger partial charge is 0.369 e. The van der Waals surface area contributed by atoms with E-state index in [4.69, 9.17) is 4.74 Å². The summed E-state index contributed by atoms with van der Waals surface area (Å²) in [4.78, 5) is 5.85. The Morgan fingerprint density at radius 2 is 2.30 bits per heavy atom. The number of hydrogen-bond acceptors (Lipinski definition) is 4. The maximum absolute atomic E-state index is 6.02. The fourth-order valence-corrected chi connectivity index (χ4v) is 4.27. The molecule has 0 radical (unpaired) electrons. The van der Waals surface area contributed by atoms with Crippen molar-refractivity contribution in [1.82, 2.24) is 14.9 Å². The van der Waals surface area contributed by atoms with Crippen molar-refractivity contribution in [3.05, 3.63) is 53.4 Å². The van der Waals surface area contributed by atoms with Crippen LogP contribution in [-0.2, 0) is 18.3 Å². The van der Waals surface area contributed by atoms with Crippen molar-refractivity contribution < 1.29 is 4.74 Å².